The first-order valence-electron chi connectivity index (χ1n) is 6.23. The summed E-state index contributed by atoms with van der Waals surface area (Å²) >= 11 is 0. The molecule has 1 aliphatic heterocycles. The number of hydrogen-bond acceptors (Lipinski definition) is 2. The summed E-state index contributed by atoms with van der Waals surface area (Å²) in [5.74, 6) is -0.187. The second-order valence-corrected chi connectivity index (χ2v) is 4.97. The Morgan fingerprint density at radius 3 is 2.78 bits per heavy atom. The molecule has 1 N–H and O–H groups in total. The largest absolute Gasteiger partial charge is 0.344 e. The van der Waals surface area contributed by atoms with E-state index in [1.54, 1.807) is 18.0 Å². The van der Waals surface area contributed by atoms with E-state index >= 15 is 0 Å². The third kappa shape index (κ3) is 2.25. The van der Waals surface area contributed by atoms with E-state index < -0.39 is 0 Å². The Kier molecular flexibility index (Phi) is 3.41. The van der Waals surface area contributed by atoms with E-state index in [0.29, 0.717) is 18.7 Å². The molecule has 5 nitrogen and oxygen atoms in total. The van der Waals surface area contributed by atoms with Gasteiger partial charge in [-0.15, -0.1) is 0 Å². The Morgan fingerprint density at radius 2 is 2.22 bits per heavy atom. The van der Waals surface area contributed by atoms with E-state index in [-0.39, 0.29) is 23.9 Å². The van der Waals surface area contributed by atoms with Crippen molar-refractivity contribution in [2.45, 2.75) is 32.4 Å². The minimum absolute atomic E-state index is 0.00833. The van der Waals surface area contributed by atoms with Crippen molar-refractivity contribution in [3.63, 3.8) is 0 Å². The molecule has 98 valence electrons. The van der Waals surface area contributed by atoms with Crippen LogP contribution < -0.4 is 5.32 Å². The fourth-order valence-electron chi connectivity index (χ4n) is 2.23. The molecule has 0 aromatic carbocycles. The highest BCUT2D eigenvalue weighted by Gasteiger charge is 2.30. The number of likely N-dealkylation sites (tertiary alicyclic amines) is 1. The van der Waals surface area contributed by atoms with Crippen molar-refractivity contribution in [1.82, 2.24) is 14.8 Å². The van der Waals surface area contributed by atoms with Crippen LogP contribution in [-0.4, -0.2) is 40.9 Å². The van der Waals surface area contributed by atoms with Crippen LogP contribution in [0.3, 0.4) is 0 Å². The van der Waals surface area contributed by atoms with Crippen molar-refractivity contribution in [2.75, 3.05) is 13.6 Å². The number of hydrogen-bond donors (Lipinski definition) is 1. The Bertz CT molecular complexity index is 465. The molecule has 0 radical (unpaired) electrons. The number of amides is 2. The Balaban J connectivity index is 2.08. The van der Waals surface area contributed by atoms with Gasteiger partial charge in [-0.05, 0) is 32.4 Å². The first kappa shape index (κ1) is 12.7. The minimum atomic E-state index is -0.377. The third-order valence-electron chi connectivity index (χ3n) is 3.30. The molecule has 1 aliphatic rings. The van der Waals surface area contributed by atoms with Crippen LogP contribution in [0.15, 0.2) is 18.3 Å². The van der Waals surface area contributed by atoms with Crippen molar-refractivity contribution in [3.05, 3.63) is 24.0 Å². The maximum Gasteiger partial charge on any atom is 0.268 e. The number of carbonyl (C=O) groups excluding carboxylic acids is 2. The van der Waals surface area contributed by atoms with Gasteiger partial charge in [0.25, 0.3) is 5.91 Å². The van der Waals surface area contributed by atoms with Gasteiger partial charge >= 0.3 is 0 Å². The van der Waals surface area contributed by atoms with E-state index in [2.05, 4.69) is 5.32 Å². The molecule has 1 aromatic rings. The lowest BCUT2D eigenvalue weighted by molar-refractivity contribution is -0.128. The molecule has 1 aromatic heterocycles. The molecular weight excluding hydrogens is 230 g/mol. The fourth-order valence-corrected chi connectivity index (χ4v) is 2.23. The molecule has 0 aliphatic carbocycles. The van der Waals surface area contributed by atoms with E-state index in [1.807, 2.05) is 30.7 Å². The summed E-state index contributed by atoms with van der Waals surface area (Å²) in [7, 11) is 1.76. The summed E-state index contributed by atoms with van der Waals surface area (Å²) in [6, 6.07) is 3.47. The van der Waals surface area contributed by atoms with Gasteiger partial charge in [0.1, 0.15) is 11.7 Å². The Morgan fingerprint density at radius 1 is 1.50 bits per heavy atom. The summed E-state index contributed by atoms with van der Waals surface area (Å²) in [6.07, 6.45) is 2.56. The fraction of sp³-hybridized carbons (Fsp3) is 0.538. The summed E-state index contributed by atoms with van der Waals surface area (Å²) in [5, 5.41) is 2.81. The number of aromatic nitrogens is 1. The zero-order chi connectivity index (χ0) is 13.3. The monoisotopic (exact) mass is 249 g/mol. The molecule has 18 heavy (non-hydrogen) atoms. The van der Waals surface area contributed by atoms with Crippen LogP contribution >= 0.6 is 0 Å². The molecule has 2 rings (SSSR count). The van der Waals surface area contributed by atoms with Gasteiger partial charge in [0.15, 0.2) is 0 Å². The number of rotatable bonds is 3. The molecule has 5 heteroatoms. The van der Waals surface area contributed by atoms with Crippen molar-refractivity contribution < 1.29 is 9.59 Å². The SMILES string of the molecule is CC(C)n1cccc1C(=O)NC1CCN(C)C1=O. The number of likely N-dealkylation sites (N-methyl/N-ethyl adjacent to an activating group) is 1. The molecule has 2 heterocycles. The van der Waals surface area contributed by atoms with Crippen LogP contribution in [0, 0.1) is 0 Å². The molecule has 1 unspecified atom stereocenters. The predicted molar refractivity (Wildman–Crippen MR) is 68.3 cm³/mol. The molecule has 1 saturated heterocycles. The van der Waals surface area contributed by atoms with Gasteiger partial charge in [0, 0.05) is 25.8 Å². The Labute approximate surface area is 107 Å². The normalized spacial score (nSPS) is 19.7. The highest BCUT2D eigenvalue weighted by molar-refractivity contribution is 5.97. The van der Waals surface area contributed by atoms with Crippen LogP contribution in [0.1, 0.15) is 36.8 Å². The molecular formula is C13H19N3O2. The molecule has 0 bridgehead atoms. The lowest BCUT2D eigenvalue weighted by atomic mass is 10.2. The Hall–Kier alpha value is -1.78. The standard InChI is InChI=1S/C13H19N3O2/c1-9(2)16-7-4-5-11(16)12(17)14-10-6-8-15(3)13(10)18/h4-5,7,9-10H,6,8H2,1-3H3,(H,14,17). The third-order valence-corrected chi connectivity index (χ3v) is 3.30. The van der Waals surface area contributed by atoms with E-state index in [4.69, 9.17) is 0 Å². The van der Waals surface area contributed by atoms with E-state index in [1.165, 1.54) is 0 Å². The van der Waals surface area contributed by atoms with Gasteiger partial charge in [-0.25, -0.2) is 0 Å². The minimum Gasteiger partial charge on any atom is -0.344 e. The summed E-state index contributed by atoms with van der Waals surface area (Å²) < 4.78 is 1.90. The van der Waals surface area contributed by atoms with Crippen molar-refractivity contribution in [1.29, 1.82) is 0 Å². The van der Waals surface area contributed by atoms with Gasteiger partial charge in [-0.1, -0.05) is 0 Å². The van der Waals surface area contributed by atoms with Gasteiger partial charge in [-0.3, -0.25) is 9.59 Å². The van der Waals surface area contributed by atoms with Gasteiger partial charge in [-0.2, -0.15) is 0 Å². The predicted octanol–water partition coefficient (Wildman–Crippen LogP) is 1.03. The zero-order valence-corrected chi connectivity index (χ0v) is 11.0. The second kappa shape index (κ2) is 4.84. The van der Waals surface area contributed by atoms with Gasteiger partial charge in [0.05, 0.1) is 0 Å². The first-order valence-corrected chi connectivity index (χ1v) is 6.23. The van der Waals surface area contributed by atoms with E-state index in [9.17, 15) is 9.59 Å². The number of carbonyl (C=O) groups is 2. The van der Waals surface area contributed by atoms with Crippen LogP contribution in [0.25, 0.3) is 0 Å². The second-order valence-electron chi connectivity index (χ2n) is 4.97. The van der Waals surface area contributed by atoms with Gasteiger partial charge < -0.3 is 14.8 Å². The summed E-state index contributed by atoms with van der Waals surface area (Å²) in [4.78, 5) is 25.5. The van der Waals surface area contributed by atoms with Crippen LogP contribution in [-0.2, 0) is 4.79 Å². The molecule has 1 fully saturated rings. The maximum atomic E-state index is 12.1. The summed E-state index contributed by atoms with van der Waals surface area (Å²) in [6.45, 7) is 4.74. The average Bonchev–Trinajstić information content (AvgIpc) is 2.91. The molecule has 1 atom stereocenters. The first-order chi connectivity index (χ1) is 8.50. The topological polar surface area (TPSA) is 54.3 Å². The maximum absolute atomic E-state index is 12.1. The lowest BCUT2D eigenvalue weighted by Crippen LogP contribution is -2.41. The molecule has 0 spiro atoms. The van der Waals surface area contributed by atoms with Gasteiger partial charge in [0.2, 0.25) is 5.91 Å². The molecule has 0 saturated carbocycles. The van der Waals surface area contributed by atoms with E-state index in [0.717, 1.165) is 0 Å². The number of nitrogens with one attached hydrogen (secondary N) is 1. The highest BCUT2D eigenvalue weighted by Crippen LogP contribution is 2.13. The average molecular weight is 249 g/mol. The van der Waals surface area contributed by atoms with Crippen LogP contribution in [0.5, 0.6) is 0 Å². The summed E-state index contributed by atoms with van der Waals surface area (Å²) in [5.41, 5.74) is 0.604. The van der Waals surface area contributed by atoms with Crippen molar-refractivity contribution in [3.8, 4) is 0 Å². The number of nitrogens with zero attached hydrogens (tertiary/aromatic N) is 2. The molecule has 2 amide bonds. The zero-order valence-electron chi connectivity index (χ0n) is 11.0. The van der Waals surface area contributed by atoms with Crippen molar-refractivity contribution in [2.24, 2.45) is 0 Å². The van der Waals surface area contributed by atoms with Crippen LogP contribution in [0.2, 0.25) is 0 Å². The highest BCUT2D eigenvalue weighted by atomic mass is 16.2. The van der Waals surface area contributed by atoms with Crippen molar-refractivity contribution >= 4 is 11.8 Å². The smallest absolute Gasteiger partial charge is 0.268 e. The lowest BCUT2D eigenvalue weighted by Gasteiger charge is -2.15. The van der Waals surface area contributed by atoms with Crippen LogP contribution in [0.4, 0.5) is 0 Å². The quantitative estimate of drug-likeness (QED) is 0.870.